The molecule has 180 valence electrons. The van der Waals surface area contributed by atoms with Gasteiger partial charge in [0.05, 0.1) is 12.1 Å². The molecule has 2 amide bonds. The van der Waals surface area contributed by atoms with Gasteiger partial charge in [0.1, 0.15) is 18.2 Å². The van der Waals surface area contributed by atoms with Crippen LogP contribution in [0.2, 0.25) is 0 Å². The standard InChI is InChI=1S/C25H18F4N2O3S/c26-18-8-15(7-16(9-18)24(33)31-12-22(30)32)21-6-1-3-14-10-20(35-23(14)21)13-34-19-5-2-4-17(11-19)25(27,28)29/h1-11H,12-13H2,(H2,30,32)(H,31,33). The molecular formula is C25H18F4N2O3S. The van der Waals surface area contributed by atoms with Crippen molar-refractivity contribution in [3.63, 3.8) is 0 Å². The largest absolute Gasteiger partial charge is 0.488 e. The first-order valence-corrected chi connectivity index (χ1v) is 11.1. The summed E-state index contributed by atoms with van der Waals surface area (Å²) >= 11 is 1.35. The first kappa shape index (κ1) is 24.2. The fourth-order valence-electron chi connectivity index (χ4n) is 3.48. The predicted octanol–water partition coefficient (Wildman–Crippen LogP) is 5.52. The van der Waals surface area contributed by atoms with Crippen LogP contribution < -0.4 is 15.8 Å². The van der Waals surface area contributed by atoms with Crippen molar-refractivity contribution in [3.8, 4) is 16.9 Å². The van der Waals surface area contributed by atoms with E-state index in [4.69, 9.17) is 10.5 Å². The number of carbonyl (C=O) groups is 2. The molecule has 5 nitrogen and oxygen atoms in total. The van der Waals surface area contributed by atoms with E-state index in [1.165, 1.54) is 35.6 Å². The van der Waals surface area contributed by atoms with Crippen LogP contribution in [-0.2, 0) is 17.6 Å². The van der Waals surface area contributed by atoms with Gasteiger partial charge < -0.3 is 15.8 Å². The SMILES string of the molecule is NC(=O)CNC(=O)c1cc(F)cc(-c2cccc3cc(COc4cccc(C(F)(F)F)c4)sc23)c1. The topological polar surface area (TPSA) is 81.4 Å². The molecule has 4 rings (SSSR count). The van der Waals surface area contributed by atoms with E-state index in [-0.39, 0.29) is 24.5 Å². The summed E-state index contributed by atoms with van der Waals surface area (Å²) in [5.41, 5.74) is 5.39. The van der Waals surface area contributed by atoms with Crippen molar-refractivity contribution in [2.24, 2.45) is 5.73 Å². The van der Waals surface area contributed by atoms with Gasteiger partial charge in [-0.3, -0.25) is 9.59 Å². The number of halogens is 4. The van der Waals surface area contributed by atoms with Gasteiger partial charge in [0.15, 0.2) is 0 Å². The summed E-state index contributed by atoms with van der Waals surface area (Å²) in [7, 11) is 0. The van der Waals surface area contributed by atoms with Gasteiger partial charge >= 0.3 is 6.18 Å². The molecule has 10 heteroatoms. The number of ether oxygens (including phenoxy) is 1. The maximum Gasteiger partial charge on any atom is 0.416 e. The zero-order valence-electron chi connectivity index (χ0n) is 18.0. The minimum atomic E-state index is -4.47. The van der Waals surface area contributed by atoms with E-state index in [1.54, 1.807) is 12.1 Å². The lowest BCUT2D eigenvalue weighted by molar-refractivity contribution is -0.137. The molecule has 0 saturated heterocycles. The second-order valence-corrected chi connectivity index (χ2v) is 8.77. The van der Waals surface area contributed by atoms with E-state index in [0.717, 1.165) is 33.2 Å². The quantitative estimate of drug-likeness (QED) is 0.327. The molecule has 3 aromatic carbocycles. The van der Waals surface area contributed by atoms with E-state index in [0.29, 0.717) is 11.1 Å². The fraction of sp³-hybridized carbons (Fsp3) is 0.120. The Morgan fingerprint density at radius 2 is 1.77 bits per heavy atom. The highest BCUT2D eigenvalue weighted by atomic mass is 32.1. The lowest BCUT2D eigenvalue weighted by Crippen LogP contribution is -2.33. The first-order valence-electron chi connectivity index (χ1n) is 10.3. The number of carbonyl (C=O) groups excluding carboxylic acids is 2. The number of nitrogens with one attached hydrogen (secondary N) is 1. The van der Waals surface area contributed by atoms with Crippen LogP contribution >= 0.6 is 11.3 Å². The Morgan fingerprint density at radius 3 is 2.51 bits per heavy atom. The van der Waals surface area contributed by atoms with E-state index < -0.39 is 29.4 Å². The van der Waals surface area contributed by atoms with E-state index in [1.807, 2.05) is 12.1 Å². The van der Waals surface area contributed by atoms with Crippen LogP contribution in [0.25, 0.3) is 21.2 Å². The number of fused-ring (bicyclic) bond motifs is 1. The molecule has 1 heterocycles. The van der Waals surface area contributed by atoms with Gasteiger partial charge in [0.25, 0.3) is 5.91 Å². The highest BCUT2D eigenvalue weighted by molar-refractivity contribution is 7.19. The number of thiophene rings is 1. The third-order valence-corrected chi connectivity index (χ3v) is 6.19. The number of amides is 2. The summed E-state index contributed by atoms with van der Waals surface area (Å²) in [5, 5.41) is 3.16. The third kappa shape index (κ3) is 5.78. The van der Waals surface area contributed by atoms with Crippen molar-refractivity contribution < 1.29 is 31.9 Å². The second-order valence-electron chi connectivity index (χ2n) is 7.63. The monoisotopic (exact) mass is 502 g/mol. The van der Waals surface area contributed by atoms with Crippen molar-refractivity contribution in [2.45, 2.75) is 12.8 Å². The molecule has 4 aromatic rings. The van der Waals surface area contributed by atoms with Crippen LogP contribution in [0.15, 0.2) is 66.7 Å². The minimum Gasteiger partial charge on any atom is -0.488 e. The summed E-state index contributed by atoms with van der Waals surface area (Å²) in [6.45, 7) is -0.329. The highest BCUT2D eigenvalue weighted by Crippen LogP contribution is 2.36. The summed E-state index contributed by atoms with van der Waals surface area (Å²) in [6.07, 6.45) is -4.47. The van der Waals surface area contributed by atoms with Gasteiger partial charge in [-0.05, 0) is 59.0 Å². The zero-order valence-corrected chi connectivity index (χ0v) is 18.8. The molecular weight excluding hydrogens is 484 g/mol. The molecule has 0 atom stereocenters. The Kier molecular flexibility index (Phi) is 6.74. The normalized spacial score (nSPS) is 11.4. The Morgan fingerprint density at radius 1 is 1.00 bits per heavy atom. The molecule has 0 fully saturated rings. The molecule has 0 aliphatic rings. The predicted molar refractivity (Wildman–Crippen MR) is 125 cm³/mol. The molecule has 1 aromatic heterocycles. The van der Waals surface area contributed by atoms with Crippen LogP contribution in [0.3, 0.4) is 0 Å². The van der Waals surface area contributed by atoms with Crippen molar-refractivity contribution in [1.29, 1.82) is 0 Å². The minimum absolute atomic E-state index is 0.0305. The smallest absolute Gasteiger partial charge is 0.416 e. The van der Waals surface area contributed by atoms with Gasteiger partial charge in [-0.1, -0.05) is 24.3 Å². The number of alkyl halides is 3. The van der Waals surface area contributed by atoms with Crippen molar-refractivity contribution >= 4 is 33.2 Å². The maximum atomic E-state index is 14.3. The summed E-state index contributed by atoms with van der Waals surface area (Å²) in [4.78, 5) is 24.0. The fourth-order valence-corrected chi connectivity index (χ4v) is 4.58. The van der Waals surface area contributed by atoms with Gasteiger partial charge in [-0.15, -0.1) is 11.3 Å². The summed E-state index contributed by atoms with van der Waals surface area (Å²) < 4.78 is 59.5. The molecule has 0 saturated carbocycles. The van der Waals surface area contributed by atoms with Gasteiger partial charge in [-0.2, -0.15) is 13.2 Å². The second kappa shape index (κ2) is 9.75. The third-order valence-electron chi connectivity index (χ3n) is 5.03. The molecule has 0 aliphatic heterocycles. The van der Waals surface area contributed by atoms with Crippen molar-refractivity contribution in [3.05, 3.63) is 88.6 Å². The lowest BCUT2D eigenvalue weighted by atomic mass is 10.0. The van der Waals surface area contributed by atoms with Gasteiger partial charge in [-0.25, -0.2) is 4.39 Å². The lowest BCUT2D eigenvalue weighted by Gasteiger charge is -2.09. The average Bonchev–Trinajstić information content (AvgIpc) is 3.23. The van der Waals surface area contributed by atoms with Crippen LogP contribution in [0.4, 0.5) is 17.6 Å². The molecule has 0 bridgehead atoms. The molecule has 0 spiro atoms. The number of nitrogens with two attached hydrogens (primary N) is 1. The average molecular weight is 502 g/mol. The Bertz CT molecular complexity index is 1420. The number of rotatable bonds is 7. The molecule has 3 N–H and O–H groups in total. The number of primary amides is 1. The van der Waals surface area contributed by atoms with E-state index in [2.05, 4.69) is 5.32 Å². The number of benzene rings is 3. The number of hydrogen-bond acceptors (Lipinski definition) is 4. The first-order chi connectivity index (χ1) is 16.6. The van der Waals surface area contributed by atoms with E-state index >= 15 is 0 Å². The van der Waals surface area contributed by atoms with Crippen LogP contribution in [0.1, 0.15) is 20.8 Å². The highest BCUT2D eigenvalue weighted by Gasteiger charge is 2.30. The number of hydrogen-bond donors (Lipinski definition) is 2. The van der Waals surface area contributed by atoms with Crippen LogP contribution in [-0.4, -0.2) is 18.4 Å². The molecule has 0 aliphatic carbocycles. The Hall–Kier alpha value is -3.92. The van der Waals surface area contributed by atoms with Crippen LogP contribution in [0, 0.1) is 5.82 Å². The molecule has 35 heavy (non-hydrogen) atoms. The molecule has 0 unspecified atom stereocenters. The van der Waals surface area contributed by atoms with Crippen molar-refractivity contribution in [1.82, 2.24) is 5.32 Å². The Labute approximate surface area is 201 Å². The van der Waals surface area contributed by atoms with Crippen LogP contribution in [0.5, 0.6) is 5.75 Å². The van der Waals surface area contributed by atoms with Gasteiger partial charge in [0, 0.05) is 15.1 Å². The van der Waals surface area contributed by atoms with E-state index in [9.17, 15) is 27.2 Å². The maximum absolute atomic E-state index is 14.3. The van der Waals surface area contributed by atoms with Crippen molar-refractivity contribution in [2.75, 3.05) is 6.54 Å². The summed E-state index contributed by atoms with van der Waals surface area (Å²) in [5.74, 6) is -1.90. The zero-order chi connectivity index (χ0) is 25.2. The summed E-state index contributed by atoms with van der Waals surface area (Å²) in [6, 6.07) is 15.7. The Balaban J connectivity index is 1.60. The molecule has 0 radical (unpaired) electrons. The van der Waals surface area contributed by atoms with Gasteiger partial charge in [0.2, 0.25) is 5.91 Å².